The number of aryl methyl sites for hydroxylation is 2. The Morgan fingerprint density at radius 1 is 1.29 bits per heavy atom. The summed E-state index contributed by atoms with van der Waals surface area (Å²) in [5, 5.41) is 13.7. The predicted molar refractivity (Wildman–Crippen MR) is 115 cm³/mol. The number of anilines is 1. The zero-order valence-corrected chi connectivity index (χ0v) is 17.6. The second-order valence-corrected chi connectivity index (χ2v) is 8.29. The quantitative estimate of drug-likeness (QED) is 0.650. The smallest absolute Gasteiger partial charge is 0.307 e. The van der Waals surface area contributed by atoms with Crippen LogP contribution in [-0.2, 0) is 11.3 Å². The van der Waals surface area contributed by atoms with Crippen LogP contribution in [0, 0.1) is 19.8 Å². The molecule has 2 aromatic carbocycles. The number of carboxylic acids is 1. The standard InChI is InChI=1S/C23H29ClN2O2/c1-4-22(18-5-6-21(24)16(3)11-18)25-20-10-15(2)9-17(12-20)13-26-8-7-19(14-26)23(27)28/h5-6,9-12,19,22,25H,4,7-8,13-14H2,1-3H3,(H,27,28)/t19-,22-/m1/s1. The molecule has 1 aliphatic rings. The highest BCUT2D eigenvalue weighted by Crippen LogP contribution is 2.28. The highest BCUT2D eigenvalue weighted by atomic mass is 35.5. The van der Waals surface area contributed by atoms with Crippen molar-refractivity contribution in [2.75, 3.05) is 18.4 Å². The zero-order chi connectivity index (χ0) is 20.3. The summed E-state index contributed by atoms with van der Waals surface area (Å²) in [5.74, 6) is -0.918. The lowest BCUT2D eigenvalue weighted by atomic mass is 10.0. The van der Waals surface area contributed by atoms with Crippen LogP contribution in [0.1, 0.15) is 48.1 Å². The third-order valence-electron chi connectivity index (χ3n) is 5.50. The van der Waals surface area contributed by atoms with Crippen LogP contribution in [0.4, 0.5) is 5.69 Å². The van der Waals surface area contributed by atoms with E-state index >= 15 is 0 Å². The fraction of sp³-hybridized carbons (Fsp3) is 0.435. The van der Waals surface area contributed by atoms with E-state index in [1.165, 1.54) is 16.7 Å². The second kappa shape index (κ2) is 8.97. The van der Waals surface area contributed by atoms with Gasteiger partial charge in [0.05, 0.1) is 12.0 Å². The van der Waals surface area contributed by atoms with Crippen molar-refractivity contribution in [2.45, 2.75) is 46.2 Å². The van der Waals surface area contributed by atoms with Crippen LogP contribution in [0.5, 0.6) is 0 Å². The molecule has 3 rings (SSSR count). The number of carboxylic acid groups (broad SMARTS) is 1. The van der Waals surface area contributed by atoms with E-state index in [2.05, 4.69) is 54.4 Å². The van der Waals surface area contributed by atoms with Crippen molar-refractivity contribution in [2.24, 2.45) is 5.92 Å². The first kappa shape index (κ1) is 20.7. The Hall–Kier alpha value is -2.04. The highest BCUT2D eigenvalue weighted by Gasteiger charge is 2.27. The molecule has 1 fully saturated rings. The lowest BCUT2D eigenvalue weighted by Gasteiger charge is -2.22. The van der Waals surface area contributed by atoms with Gasteiger partial charge in [-0.25, -0.2) is 0 Å². The van der Waals surface area contributed by atoms with E-state index in [1.54, 1.807) is 0 Å². The number of likely N-dealkylation sites (tertiary alicyclic amines) is 1. The van der Waals surface area contributed by atoms with Crippen molar-refractivity contribution in [1.82, 2.24) is 4.90 Å². The van der Waals surface area contributed by atoms with E-state index in [-0.39, 0.29) is 12.0 Å². The molecule has 2 aromatic rings. The highest BCUT2D eigenvalue weighted by molar-refractivity contribution is 6.31. The van der Waals surface area contributed by atoms with Crippen molar-refractivity contribution in [3.63, 3.8) is 0 Å². The normalized spacial score (nSPS) is 18.2. The van der Waals surface area contributed by atoms with Gasteiger partial charge in [0.2, 0.25) is 0 Å². The first-order valence-corrected chi connectivity index (χ1v) is 10.3. The summed E-state index contributed by atoms with van der Waals surface area (Å²) >= 11 is 6.18. The minimum Gasteiger partial charge on any atom is -0.481 e. The van der Waals surface area contributed by atoms with Crippen LogP contribution >= 0.6 is 11.6 Å². The SMILES string of the molecule is CC[C@@H](Nc1cc(C)cc(CN2CC[C@@H](C(=O)O)C2)c1)c1ccc(Cl)c(C)c1. The number of carbonyl (C=O) groups is 1. The summed E-state index contributed by atoms with van der Waals surface area (Å²) in [6, 6.07) is 13.0. The Balaban J connectivity index is 1.73. The molecule has 5 heteroatoms. The molecule has 1 heterocycles. The summed E-state index contributed by atoms with van der Waals surface area (Å²) in [5.41, 5.74) is 5.85. The molecule has 4 nitrogen and oxygen atoms in total. The maximum atomic E-state index is 11.2. The minimum atomic E-state index is -0.682. The molecule has 28 heavy (non-hydrogen) atoms. The molecule has 2 atom stereocenters. The molecule has 0 aliphatic carbocycles. The van der Waals surface area contributed by atoms with Crippen molar-refractivity contribution >= 4 is 23.3 Å². The third kappa shape index (κ3) is 5.06. The Kier molecular flexibility index (Phi) is 6.63. The first-order valence-electron chi connectivity index (χ1n) is 9.94. The van der Waals surface area contributed by atoms with Crippen LogP contribution < -0.4 is 5.32 Å². The number of nitrogens with zero attached hydrogens (tertiary/aromatic N) is 1. The van der Waals surface area contributed by atoms with Crippen LogP contribution in [0.25, 0.3) is 0 Å². The number of hydrogen-bond donors (Lipinski definition) is 2. The van der Waals surface area contributed by atoms with E-state index in [0.717, 1.165) is 42.2 Å². The minimum absolute atomic E-state index is 0.216. The summed E-state index contributed by atoms with van der Waals surface area (Å²) in [6.07, 6.45) is 1.71. The third-order valence-corrected chi connectivity index (χ3v) is 5.92. The van der Waals surface area contributed by atoms with Gasteiger partial charge in [0.25, 0.3) is 0 Å². The van der Waals surface area contributed by atoms with E-state index in [1.807, 2.05) is 13.0 Å². The molecular weight excluding hydrogens is 372 g/mol. The summed E-state index contributed by atoms with van der Waals surface area (Å²) in [7, 11) is 0. The summed E-state index contributed by atoms with van der Waals surface area (Å²) < 4.78 is 0. The van der Waals surface area contributed by atoms with E-state index in [0.29, 0.717) is 6.54 Å². The monoisotopic (exact) mass is 400 g/mol. The molecule has 0 aromatic heterocycles. The number of nitrogens with one attached hydrogen (secondary N) is 1. The summed E-state index contributed by atoms with van der Waals surface area (Å²) in [4.78, 5) is 13.4. The van der Waals surface area contributed by atoms with Gasteiger partial charge < -0.3 is 10.4 Å². The molecular formula is C23H29ClN2O2. The van der Waals surface area contributed by atoms with Gasteiger partial charge >= 0.3 is 5.97 Å². The average Bonchev–Trinajstić information content (AvgIpc) is 3.10. The lowest BCUT2D eigenvalue weighted by Crippen LogP contribution is -2.23. The Morgan fingerprint density at radius 2 is 2.07 bits per heavy atom. The van der Waals surface area contributed by atoms with Gasteiger partial charge in [-0.3, -0.25) is 9.69 Å². The van der Waals surface area contributed by atoms with Crippen molar-refractivity contribution in [3.8, 4) is 0 Å². The average molecular weight is 401 g/mol. The molecule has 0 bridgehead atoms. The number of benzene rings is 2. The van der Waals surface area contributed by atoms with Crippen molar-refractivity contribution in [1.29, 1.82) is 0 Å². The zero-order valence-electron chi connectivity index (χ0n) is 16.8. The van der Waals surface area contributed by atoms with Crippen LogP contribution in [-0.4, -0.2) is 29.1 Å². The molecule has 1 aliphatic heterocycles. The molecule has 0 radical (unpaired) electrons. The molecule has 150 valence electrons. The molecule has 0 saturated carbocycles. The van der Waals surface area contributed by atoms with Crippen LogP contribution in [0.15, 0.2) is 36.4 Å². The molecule has 0 amide bonds. The predicted octanol–water partition coefficient (Wildman–Crippen LogP) is 5.43. The van der Waals surface area contributed by atoms with E-state index in [4.69, 9.17) is 11.6 Å². The van der Waals surface area contributed by atoms with E-state index < -0.39 is 5.97 Å². The van der Waals surface area contributed by atoms with E-state index in [9.17, 15) is 9.90 Å². The van der Waals surface area contributed by atoms with Crippen LogP contribution in [0.3, 0.4) is 0 Å². The van der Waals surface area contributed by atoms with Gasteiger partial charge in [-0.15, -0.1) is 0 Å². The fourth-order valence-corrected chi connectivity index (χ4v) is 4.10. The van der Waals surface area contributed by atoms with Crippen molar-refractivity contribution in [3.05, 3.63) is 63.7 Å². The van der Waals surface area contributed by atoms with Gasteiger partial charge in [0.1, 0.15) is 0 Å². The van der Waals surface area contributed by atoms with Gasteiger partial charge in [0, 0.05) is 23.8 Å². The Morgan fingerprint density at radius 3 is 2.71 bits per heavy atom. The van der Waals surface area contributed by atoms with Gasteiger partial charge in [-0.05, 0) is 73.7 Å². The number of rotatable bonds is 7. The first-order chi connectivity index (χ1) is 13.4. The molecule has 0 unspecified atom stereocenters. The van der Waals surface area contributed by atoms with Gasteiger partial charge in [0.15, 0.2) is 0 Å². The van der Waals surface area contributed by atoms with Gasteiger partial charge in [-0.2, -0.15) is 0 Å². The topological polar surface area (TPSA) is 52.6 Å². The Labute approximate surface area is 172 Å². The molecule has 2 N–H and O–H groups in total. The maximum Gasteiger partial charge on any atom is 0.307 e. The molecule has 1 saturated heterocycles. The maximum absolute atomic E-state index is 11.2. The van der Waals surface area contributed by atoms with Crippen LogP contribution in [0.2, 0.25) is 5.02 Å². The second-order valence-electron chi connectivity index (χ2n) is 7.88. The Bertz CT molecular complexity index is 852. The summed E-state index contributed by atoms with van der Waals surface area (Å²) in [6.45, 7) is 8.57. The number of hydrogen-bond acceptors (Lipinski definition) is 3. The number of aliphatic carboxylic acids is 1. The van der Waals surface area contributed by atoms with Crippen molar-refractivity contribution < 1.29 is 9.90 Å². The van der Waals surface area contributed by atoms with Gasteiger partial charge in [-0.1, -0.05) is 36.7 Å². The largest absolute Gasteiger partial charge is 0.481 e. The fourth-order valence-electron chi connectivity index (χ4n) is 3.98. The number of halogens is 1. The molecule has 0 spiro atoms. The lowest BCUT2D eigenvalue weighted by molar-refractivity contribution is -0.141.